The van der Waals surface area contributed by atoms with Gasteiger partial charge in [0.2, 0.25) is 11.8 Å². The van der Waals surface area contributed by atoms with Gasteiger partial charge >= 0.3 is 5.97 Å². The quantitative estimate of drug-likeness (QED) is 0.175. The Bertz CT molecular complexity index is 738. The SMILES string of the molecule is CC(=O)N[C@@H]1[C@H]([C@@H](N)[C@H](C)O)O[C@](O[C@@H]2[C@H](O)[C@@H](NC(C)=O)[C@@H](O)O[C@@H]2C)(C(=O)O)C[C@@H]1O. The molecule has 0 saturated carbocycles. The molecule has 0 radical (unpaired) electrons. The van der Waals surface area contributed by atoms with Gasteiger partial charge in [-0.05, 0) is 13.8 Å². The largest absolute Gasteiger partial charge is 0.477 e. The minimum atomic E-state index is -2.57. The number of hydrogen-bond donors (Lipinski definition) is 8. The van der Waals surface area contributed by atoms with Gasteiger partial charge in [0.05, 0.1) is 30.4 Å². The fourth-order valence-electron chi connectivity index (χ4n) is 4.04. The molecule has 9 N–H and O–H groups in total. The second-order valence-electron chi connectivity index (χ2n) is 8.49. The molecule has 2 aliphatic rings. The number of aliphatic hydroxyl groups excluding tert-OH is 4. The zero-order chi connectivity index (χ0) is 25.2. The van der Waals surface area contributed by atoms with Crippen LogP contribution >= 0.6 is 0 Å². The van der Waals surface area contributed by atoms with Gasteiger partial charge in [-0.2, -0.15) is 0 Å². The summed E-state index contributed by atoms with van der Waals surface area (Å²) >= 11 is 0. The van der Waals surface area contributed by atoms with Crippen LogP contribution < -0.4 is 16.4 Å². The van der Waals surface area contributed by atoms with E-state index in [1.54, 1.807) is 0 Å². The molecule has 2 fully saturated rings. The molecule has 0 spiro atoms. The second kappa shape index (κ2) is 10.6. The third-order valence-electron chi connectivity index (χ3n) is 5.73. The van der Waals surface area contributed by atoms with Crippen LogP contribution in [0.15, 0.2) is 0 Å². The Morgan fingerprint density at radius 3 is 2.15 bits per heavy atom. The first-order chi connectivity index (χ1) is 15.2. The van der Waals surface area contributed by atoms with E-state index in [1.165, 1.54) is 20.8 Å². The number of carbonyl (C=O) groups excluding carboxylic acids is 2. The summed E-state index contributed by atoms with van der Waals surface area (Å²) in [5, 5.41) is 56.2. The maximum atomic E-state index is 12.3. The normalized spacial score (nSPS) is 41.0. The fourth-order valence-corrected chi connectivity index (χ4v) is 4.04. The van der Waals surface area contributed by atoms with E-state index < -0.39 is 91.0 Å². The number of amides is 2. The van der Waals surface area contributed by atoms with Crippen LogP contribution in [-0.2, 0) is 28.6 Å². The summed E-state index contributed by atoms with van der Waals surface area (Å²) in [4.78, 5) is 35.4. The minimum absolute atomic E-state index is 0.550. The van der Waals surface area contributed by atoms with Crippen molar-refractivity contribution in [3.8, 4) is 0 Å². The summed E-state index contributed by atoms with van der Waals surface area (Å²) in [6, 6.07) is -3.74. The van der Waals surface area contributed by atoms with Crippen LogP contribution in [0.5, 0.6) is 0 Å². The van der Waals surface area contributed by atoms with Crippen LogP contribution in [0.4, 0.5) is 0 Å². The van der Waals surface area contributed by atoms with E-state index in [1.807, 2.05) is 0 Å². The number of aliphatic carboxylic acids is 1. The molecule has 33 heavy (non-hydrogen) atoms. The average molecular weight is 479 g/mol. The van der Waals surface area contributed by atoms with Gasteiger partial charge in [0.1, 0.15) is 24.4 Å². The monoisotopic (exact) mass is 479 g/mol. The molecule has 2 rings (SSSR count). The average Bonchev–Trinajstić information content (AvgIpc) is 2.69. The van der Waals surface area contributed by atoms with Crippen LogP contribution in [0.3, 0.4) is 0 Å². The molecule has 11 atom stereocenters. The number of nitrogens with two attached hydrogens (primary N) is 1. The van der Waals surface area contributed by atoms with E-state index in [2.05, 4.69) is 10.6 Å². The number of nitrogens with one attached hydrogen (secondary N) is 2. The second-order valence-corrected chi connectivity index (χ2v) is 8.49. The molecule has 190 valence electrons. The first-order valence-corrected chi connectivity index (χ1v) is 10.5. The van der Waals surface area contributed by atoms with E-state index in [0.29, 0.717) is 0 Å². The molecule has 2 saturated heterocycles. The van der Waals surface area contributed by atoms with Crippen LogP contribution in [0.25, 0.3) is 0 Å². The lowest BCUT2D eigenvalue weighted by molar-refractivity contribution is -0.347. The number of hydrogen-bond acceptors (Lipinski definition) is 11. The first kappa shape index (κ1) is 27.3. The standard InChI is InChI=1S/C19H33N3O11/c1-6(23)11(20)16-12(21-8(3)24)10(26)5-19(33-16,18(29)30)32-15-7(2)31-17(28)13(14(15)27)22-9(4)25/h6-7,10-17,23,26-28H,5,20H2,1-4H3,(H,21,24)(H,22,25)(H,29,30)/t6-,7+,10-,11-,12-,13+,14+,15-,16-,17-,19-/m0/s1. The van der Waals surface area contributed by atoms with Crippen molar-refractivity contribution >= 4 is 17.8 Å². The van der Waals surface area contributed by atoms with Crippen molar-refractivity contribution < 1.29 is 54.1 Å². The van der Waals surface area contributed by atoms with E-state index in [0.717, 1.165) is 6.92 Å². The Morgan fingerprint density at radius 1 is 1.12 bits per heavy atom. The number of carbonyl (C=O) groups is 3. The van der Waals surface area contributed by atoms with Crippen molar-refractivity contribution in [2.75, 3.05) is 0 Å². The Hall–Kier alpha value is -1.91. The van der Waals surface area contributed by atoms with E-state index in [-0.39, 0.29) is 0 Å². The lowest BCUT2D eigenvalue weighted by atomic mass is 9.87. The number of carboxylic acid groups (broad SMARTS) is 1. The van der Waals surface area contributed by atoms with Crippen LogP contribution in [0, 0.1) is 0 Å². The zero-order valence-electron chi connectivity index (χ0n) is 18.7. The van der Waals surface area contributed by atoms with Crippen LogP contribution in [0.2, 0.25) is 0 Å². The fraction of sp³-hybridized carbons (Fsp3) is 0.842. The number of ether oxygens (including phenoxy) is 3. The Balaban J connectivity index is 2.40. The molecule has 0 aromatic carbocycles. The van der Waals surface area contributed by atoms with Gasteiger partial charge in [0.15, 0.2) is 6.29 Å². The van der Waals surface area contributed by atoms with Crippen molar-refractivity contribution in [3.63, 3.8) is 0 Å². The van der Waals surface area contributed by atoms with Crippen molar-refractivity contribution in [1.29, 1.82) is 0 Å². The maximum Gasteiger partial charge on any atom is 0.364 e. The molecule has 2 heterocycles. The molecule has 0 aliphatic carbocycles. The van der Waals surface area contributed by atoms with Gasteiger partial charge < -0.3 is 56.1 Å². The van der Waals surface area contributed by atoms with Crippen molar-refractivity contribution in [2.24, 2.45) is 5.73 Å². The van der Waals surface area contributed by atoms with E-state index >= 15 is 0 Å². The Morgan fingerprint density at radius 2 is 1.67 bits per heavy atom. The molecule has 0 unspecified atom stereocenters. The molecule has 14 heteroatoms. The molecule has 14 nitrogen and oxygen atoms in total. The van der Waals surface area contributed by atoms with Gasteiger partial charge in [-0.25, -0.2) is 4.79 Å². The number of aliphatic hydroxyl groups is 4. The molecule has 0 aromatic heterocycles. The van der Waals surface area contributed by atoms with Gasteiger partial charge in [0, 0.05) is 20.3 Å². The molecule has 2 amide bonds. The number of carboxylic acids is 1. The van der Waals surface area contributed by atoms with Gasteiger partial charge in [0.25, 0.3) is 5.79 Å². The summed E-state index contributed by atoms with van der Waals surface area (Å²) in [7, 11) is 0. The topological polar surface area (TPSA) is 230 Å². The van der Waals surface area contributed by atoms with Crippen molar-refractivity contribution in [1.82, 2.24) is 10.6 Å². The molecule has 2 aliphatic heterocycles. The lowest BCUT2D eigenvalue weighted by Crippen LogP contribution is -2.71. The predicted octanol–water partition coefficient (Wildman–Crippen LogP) is -3.88. The molecule has 0 bridgehead atoms. The summed E-state index contributed by atoms with van der Waals surface area (Å²) in [6.45, 7) is 5.05. The minimum Gasteiger partial charge on any atom is -0.477 e. The van der Waals surface area contributed by atoms with E-state index in [9.17, 15) is 39.9 Å². The highest BCUT2D eigenvalue weighted by Crippen LogP contribution is 2.36. The predicted molar refractivity (Wildman–Crippen MR) is 108 cm³/mol. The lowest BCUT2D eigenvalue weighted by Gasteiger charge is -2.50. The summed E-state index contributed by atoms with van der Waals surface area (Å²) in [5.41, 5.74) is 5.98. The zero-order valence-corrected chi connectivity index (χ0v) is 18.7. The summed E-state index contributed by atoms with van der Waals surface area (Å²) < 4.78 is 16.7. The maximum absolute atomic E-state index is 12.3. The van der Waals surface area contributed by atoms with Gasteiger partial charge in [-0.1, -0.05) is 0 Å². The third-order valence-corrected chi connectivity index (χ3v) is 5.73. The highest BCUT2D eigenvalue weighted by Gasteiger charge is 2.58. The highest BCUT2D eigenvalue weighted by molar-refractivity contribution is 5.76. The third kappa shape index (κ3) is 5.96. The molecular weight excluding hydrogens is 446 g/mol. The Labute approximate surface area is 190 Å². The van der Waals surface area contributed by atoms with Crippen LogP contribution in [-0.4, -0.2) is 110 Å². The van der Waals surface area contributed by atoms with E-state index in [4.69, 9.17) is 19.9 Å². The van der Waals surface area contributed by atoms with Gasteiger partial charge in [-0.15, -0.1) is 0 Å². The van der Waals surface area contributed by atoms with Crippen molar-refractivity contribution in [3.05, 3.63) is 0 Å². The van der Waals surface area contributed by atoms with Crippen molar-refractivity contribution in [2.45, 2.75) is 101 Å². The summed E-state index contributed by atoms with van der Waals surface area (Å²) in [6.07, 6.45) is -10.5. The van der Waals surface area contributed by atoms with Gasteiger partial charge in [-0.3, -0.25) is 9.59 Å². The number of rotatable bonds is 7. The summed E-state index contributed by atoms with van der Waals surface area (Å²) in [5.74, 6) is -5.38. The van der Waals surface area contributed by atoms with Crippen LogP contribution in [0.1, 0.15) is 34.1 Å². The highest BCUT2D eigenvalue weighted by atomic mass is 16.7. The first-order valence-electron chi connectivity index (χ1n) is 10.5. The Kier molecular flexibility index (Phi) is 8.75. The molecular formula is C19H33N3O11. The smallest absolute Gasteiger partial charge is 0.364 e. The molecule has 0 aromatic rings.